The van der Waals surface area contributed by atoms with Crippen molar-refractivity contribution < 1.29 is 13.5 Å². The number of rotatable bonds is 11. The van der Waals surface area contributed by atoms with Crippen molar-refractivity contribution in [1.29, 1.82) is 0 Å². The summed E-state index contributed by atoms with van der Waals surface area (Å²) in [6.45, 7) is 4.11. The Bertz CT molecular complexity index is 711. The van der Waals surface area contributed by atoms with Crippen LogP contribution in [0.3, 0.4) is 0 Å². The van der Waals surface area contributed by atoms with E-state index in [1.54, 1.807) is 0 Å². The van der Waals surface area contributed by atoms with Crippen LogP contribution < -0.4 is 15.4 Å². The third-order valence-electron chi connectivity index (χ3n) is 5.48. The van der Waals surface area contributed by atoms with Crippen LogP contribution in [-0.4, -0.2) is 51.5 Å². The molecule has 0 atom stereocenters. The van der Waals surface area contributed by atoms with Crippen molar-refractivity contribution >= 4 is 16.0 Å². The van der Waals surface area contributed by atoms with E-state index in [2.05, 4.69) is 15.4 Å². The number of sulfonamides is 1. The molecule has 1 saturated carbocycles. The van der Waals surface area contributed by atoms with Gasteiger partial charge in [-0.15, -0.1) is 0 Å². The van der Waals surface area contributed by atoms with E-state index in [9.17, 15) is 13.5 Å². The van der Waals surface area contributed by atoms with E-state index < -0.39 is 10.0 Å². The first-order valence-corrected chi connectivity index (χ1v) is 12.3. The predicted molar refractivity (Wildman–Crippen MR) is 118 cm³/mol. The van der Waals surface area contributed by atoms with Gasteiger partial charge in [0.05, 0.1) is 5.75 Å². The second-order valence-electron chi connectivity index (χ2n) is 7.78. The molecule has 4 N–H and O–H groups in total. The monoisotopic (exact) mass is 424 g/mol. The van der Waals surface area contributed by atoms with Gasteiger partial charge in [-0.3, -0.25) is 4.99 Å². The summed E-state index contributed by atoms with van der Waals surface area (Å²) < 4.78 is 27.1. The maximum atomic E-state index is 12.2. The van der Waals surface area contributed by atoms with Gasteiger partial charge in [0.1, 0.15) is 0 Å². The van der Waals surface area contributed by atoms with E-state index >= 15 is 0 Å². The van der Waals surface area contributed by atoms with Gasteiger partial charge >= 0.3 is 0 Å². The van der Waals surface area contributed by atoms with Crippen LogP contribution in [0.2, 0.25) is 0 Å². The highest BCUT2D eigenvalue weighted by Crippen LogP contribution is 2.39. The Balaban J connectivity index is 1.85. The zero-order valence-corrected chi connectivity index (χ0v) is 18.3. The molecule has 0 aromatic heterocycles. The topological polar surface area (TPSA) is 103 Å². The fraction of sp³-hybridized carbons (Fsp3) is 0.667. The lowest BCUT2D eigenvalue weighted by Crippen LogP contribution is -2.42. The van der Waals surface area contributed by atoms with Gasteiger partial charge in [0.2, 0.25) is 10.0 Å². The van der Waals surface area contributed by atoms with Crippen LogP contribution in [0.1, 0.15) is 51.0 Å². The van der Waals surface area contributed by atoms with Crippen LogP contribution in [0.4, 0.5) is 0 Å². The normalized spacial score (nSPS) is 17.1. The Kier molecular flexibility index (Phi) is 9.90. The lowest BCUT2D eigenvalue weighted by Gasteiger charge is -2.35. The van der Waals surface area contributed by atoms with Crippen molar-refractivity contribution in [2.24, 2.45) is 10.4 Å². The second-order valence-corrected chi connectivity index (χ2v) is 9.71. The number of nitrogens with one attached hydrogen (secondary N) is 3. The second kappa shape index (κ2) is 12.1. The van der Waals surface area contributed by atoms with Crippen molar-refractivity contribution in [2.75, 3.05) is 32.0 Å². The van der Waals surface area contributed by atoms with E-state index in [-0.39, 0.29) is 24.3 Å². The van der Waals surface area contributed by atoms with E-state index in [4.69, 9.17) is 4.99 Å². The van der Waals surface area contributed by atoms with Crippen LogP contribution in [0, 0.1) is 5.41 Å². The van der Waals surface area contributed by atoms with Gasteiger partial charge in [0, 0.05) is 32.8 Å². The van der Waals surface area contributed by atoms with Gasteiger partial charge in [-0.25, -0.2) is 13.1 Å². The zero-order chi connectivity index (χ0) is 21.0. The number of guanidine groups is 1. The number of aliphatic imine (C=N–C) groups is 1. The van der Waals surface area contributed by atoms with Gasteiger partial charge in [-0.05, 0) is 37.2 Å². The third kappa shape index (κ3) is 8.72. The molecule has 8 heteroatoms. The van der Waals surface area contributed by atoms with Crippen LogP contribution in [0.25, 0.3) is 0 Å². The summed E-state index contributed by atoms with van der Waals surface area (Å²) in [5, 5.41) is 15.8. The van der Waals surface area contributed by atoms with Gasteiger partial charge in [0.15, 0.2) is 5.96 Å². The molecule has 164 valence electrons. The highest BCUT2D eigenvalue weighted by Gasteiger charge is 2.31. The summed E-state index contributed by atoms with van der Waals surface area (Å²) in [5.41, 5.74) is 0.999. The van der Waals surface area contributed by atoms with E-state index in [0.29, 0.717) is 25.6 Å². The lowest BCUT2D eigenvalue weighted by molar-refractivity contribution is 0.137. The minimum absolute atomic E-state index is 0.0218. The first-order valence-electron chi connectivity index (χ1n) is 10.6. The molecule has 29 heavy (non-hydrogen) atoms. The maximum absolute atomic E-state index is 12.2. The quantitative estimate of drug-likeness (QED) is 0.321. The van der Waals surface area contributed by atoms with Crippen LogP contribution >= 0.6 is 0 Å². The lowest BCUT2D eigenvalue weighted by atomic mass is 9.72. The summed E-state index contributed by atoms with van der Waals surface area (Å²) in [5.74, 6) is 0.611. The Hall–Kier alpha value is -1.64. The molecule has 7 nitrogen and oxygen atoms in total. The standard InChI is InChI=1S/C21H36N4O3S/c1-2-22-20(24-18-21(13-15-26)11-7-4-8-12-21)23-14-16-29(27,28)25-17-19-9-5-3-6-10-19/h3,5-6,9-10,25-26H,2,4,7-8,11-18H2,1H3,(H2,22,23,24). The number of nitrogens with zero attached hydrogens (tertiary/aromatic N) is 1. The van der Waals surface area contributed by atoms with Gasteiger partial charge in [-0.2, -0.15) is 0 Å². The summed E-state index contributed by atoms with van der Waals surface area (Å²) >= 11 is 0. The maximum Gasteiger partial charge on any atom is 0.213 e. The zero-order valence-electron chi connectivity index (χ0n) is 17.5. The molecule has 0 radical (unpaired) electrons. The molecular formula is C21H36N4O3S. The van der Waals surface area contributed by atoms with Gasteiger partial charge in [-0.1, -0.05) is 49.6 Å². The third-order valence-corrected chi connectivity index (χ3v) is 6.80. The van der Waals surface area contributed by atoms with Gasteiger partial charge in [0.25, 0.3) is 0 Å². The molecule has 1 aromatic rings. The Morgan fingerprint density at radius 1 is 1.14 bits per heavy atom. The Labute approximate surface area is 175 Å². The molecule has 1 aliphatic carbocycles. The Morgan fingerprint density at radius 2 is 1.86 bits per heavy atom. The fourth-order valence-electron chi connectivity index (χ4n) is 3.78. The molecule has 0 unspecified atom stereocenters. The molecule has 0 aliphatic heterocycles. The van der Waals surface area contributed by atoms with Crippen LogP contribution in [0.5, 0.6) is 0 Å². The summed E-state index contributed by atoms with van der Waals surface area (Å²) in [6, 6.07) is 9.47. The van der Waals surface area contributed by atoms with Crippen LogP contribution in [-0.2, 0) is 16.6 Å². The molecule has 0 amide bonds. The molecule has 1 fully saturated rings. The molecule has 0 bridgehead atoms. The minimum atomic E-state index is -3.37. The van der Waals surface area contributed by atoms with Crippen molar-refractivity contribution in [1.82, 2.24) is 15.4 Å². The number of aliphatic hydroxyl groups is 1. The van der Waals surface area contributed by atoms with E-state index in [1.165, 1.54) is 19.3 Å². The van der Waals surface area contributed by atoms with Crippen molar-refractivity contribution in [3.8, 4) is 0 Å². The number of hydrogen-bond acceptors (Lipinski definition) is 4. The van der Waals surface area contributed by atoms with Gasteiger partial charge < -0.3 is 15.7 Å². The predicted octanol–water partition coefficient (Wildman–Crippen LogP) is 1.99. The summed E-state index contributed by atoms with van der Waals surface area (Å²) in [4.78, 5) is 4.71. The van der Waals surface area contributed by atoms with Crippen LogP contribution in [0.15, 0.2) is 35.3 Å². The number of hydrogen-bond donors (Lipinski definition) is 4. The van der Waals surface area contributed by atoms with E-state index in [1.807, 2.05) is 37.3 Å². The summed E-state index contributed by atoms with van der Waals surface area (Å²) in [6.07, 6.45) is 6.58. The smallest absolute Gasteiger partial charge is 0.213 e. The first kappa shape index (κ1) is 23.6. The number of benzene rings is 1. The average Bonchev–Trinajstić information content (AvgIpc) is 2.72. The molecule has 1 aromatic carbocycles. The first-order chi connectivity index (χ1) is 14.0. The van der Waals surface area contributed by atoms with Crippen molar-refractivity contribution in [3.63, 3.8) is 0 Å². The molecule has 2 rings (SSSR count). The molecule has 0 saturated heterocycles. The average molecular weight is 425 g/mol. The minimum Gasteiger partial charge on any atom is -0.396 e. The van der Waals surface area contributed by atoms with E-state index in [0.717, 1.165) is 24.8 Å². The highest BCUT2D eigenvalue weighted by atomic mass is 32.2. The summed E-state index contributed by atoms with van der Waals surface area (Å²) in [7, 11) is -3.37. The fourth-order valence-corrected chi connectivity index (χ4v) is 4.68. The Morgan fingerprint density at radius 3 is 2.52 bits per heavy atom. The van der Waals surface area contributed by atoms with Crippen molar-refractivity contribution in [3.05, 3.63) is 35.9 Å². The SMILES string of the molecule is CCNC(=NCC1(CCO)CCCCC1)NCCS(=O)(=O)NCc1ccccc1. The van der Waals surface area contributed by atoms with Crippen molar-refractivity contribution in [2.45, 2.75) is 52.0 Å². The molecule has 0 heterocycles. The molecule has 0 spiro atoms. The largest absolute Gasteiger partial charge is 0.396 e. The highest BCUT2D eigenvalue weighted by molar-refractivity contribution is 7.89. The number of aliphatic hydroxyl groups excluding tert-OH is 1. The molecular weight excluding hydrogens is 388 g/mol. The molecule has 1 aliphatic rings.